The van der Waals surface area contributed by atoms with Crippen molar-refractivity contribution < 1.29 is 23.5 Å². The number of piperidine rings is 1. The quantitative estimate of drug-likeness (QED) is 0.757. The van der Waals surface area contributed by atoms with Gasteiger partial charge in [0.05, 0.1) is 36.3 Å². The molecule has 2 amide bonds. The standard InChI is InChI=1S/C21H19N3O5S/c1-10-12(25)9-11(13-3-2-7-28-13)24-17(10)21-5-4-14(29-21)15(16(21)19(24)27)18(26)23-20-22-6-8-30-20/h2-8,10-11,14-17H,9H2,1H3,(H,22,23,26)/t10-,11-,14-,15+,16+,17+,21+/m1/s1. The molecule has 0 aromatic carbocycles. The highest BCUT2D eigenvalue weighted by molar-refractivity contribution is 7.13. The zero-order chi connectivity index (χ0) is 20.6. The van der Waals surface area contributed by atoms with Gasteiger partial charge < -0.3 is 19.4 Å². The number of aromatic nitrogens is 1. The second kappa shape index (κ2) is 6.12. The van der Waals surface area contributed by atoms with Crippen LogP contribution in [-0.2, 0) is 19.1 Å². The number of anilines is 1. The third-order valence-corrected chi connectivity index (χ3v) is 7.61. The molecule has 1 N–H and O–H groups in total. The first-order valence-electron chi connectivity index (χ1n) is 9.97. The van der Waals surface area contributed by atoms with E-state index in [-0.39, 0.29) is 24.0 Å². The molecular formula is C21H19N3O5S. The number of fused-ring (bicyclic) bond motifs is 2. The van der Waals surface area contributed by atoms with E-state index in [4.69, 9.17) is 9.15 Å². The molecule has 4 aliphatic rings. The fraction of sp³-hybridized carbons (Fsp3) is 0.429. The number of ketones is 1. The maximum absolute atomic E-state index is 13.7. The molecule has 7 atom stereocenters. The summed E-state index contributed by atoms with van der Waals surface area (Å²) in [5.41, 5.74) is -0.979. The van der Waals surface area contributed by atoms with Gasteiger partial charge in [-0.2, -0.15) is 0 Å². The van der Waals surface area contributed by atoms with Gasteiger partial charge in [-0.25, -0.2) is 4.98 Å². The number of hydrogen-bond acceptors (Lipinski definition) is 7. The Morgan fingerprint density at radius 3 is 3.00 bits per heavy atom. The number of carbonyl (C=O) groups is 3. The van der Waals surface area contributed by atoms with Crippen molar-refractivity contribution in [1.29, 1.82) is 0 Å². The van der Waals surface area contributed by atoms with Crippen LogP contribution in [0.25, 0.3) is 0 Å². The van der Waals surface area contributed by atoms with E-state index in [0.29, 0.717) is 10.9 Å². The van der Waals surface area contributed by atoms with Crippen molar-refractivity contribution in [3.8, 4) is 0 Å². The molecule has 4 aliphatic heterocycles. The molecule has 9 heteroatoms. The minimum absolute atomic E-state index is 0.0663. The van der Waals surface area contributed by atoms with E-state index in [9.17, 15) is 14.4 Å². The van der Waals surface area contributed by atoms with Crippen LogP contribution >= 0.6 is 11.3 Å². The van der Waals surface area contributed by atoms with Crippen molar-refractivity contribution in [3.63, 3.8) is 0 Å². The second-order valence-electron chi connectivity index (χ2n) is 8.31. The molecule has 0 radical (unpaired) electrons. The minimum atomic E-state index is -0.979. The molecule has 6 heterocycles. The first-order chi connectivity index (χ1) is 14.5. The Hall–Kier alpha value is -2.78. The van der Waals surface area contributed by atoms with Crippen LogP contribution in [0.3, 0.4) is 0 Å². The molecule has 1 spiro atoms. The number of Topliss-reactive ketones (excluding diaryl/α,β-unsaturated/α-hetero) is 1. The average molecular weight is 425 g/mol. The smallest absolute Gasteiger partial charge is 0.233 e. The van der Waals surface area contributed by atoms with E-state index < -0.39 is 41.5 Å². The number of amides is 2. The highest BCUT2D eigenvalue weighted by Crippen LogP contribution is 2.59. The summed E-state index contributed by atoms with van der Waals surface area (Å²) in [5.74, 6) is -1.54. The Morgan fingerprint density at radius 1 is 1.40 bits per heavy atom. The van der Waals surface area contributed by atoms with E-state index in [1.807, 2.05) is 19.1 Å². The molecule has 30 heavy (non-hydrogen) atoms. The molecule has 0 aliphatic carbocycles. The van der Waals surface area contributed by atoms with Crippen molar-refractivity contribution in [2.45, 2.75) is 37.1 Å². The molecule has 2 aromatic heterocycles. The van der Waals surface area contributed by atoms with E-state index in [2.05, 4.69) is 10.3 Å². The van der Waals surface area contributed by atoms with Crippen LogP contribution in [0.15, 0.2) is 46.5 Å². The molecule has 3 fully saturated rings. The molecule has 2 bridgehead atoms. The zero-order valence-corrected chi connectivity index (χ0v) is 16.9. The predicted octanol–water partition coefficient (Wildman–Crippen LogP) is 2.18. The summed E-state index contributed by atoms with van der Waals surface area (Å²) in [6.07, 6.45) is 6.61. The van der Waals surface area contributed by atoms with Gasteiger partial charge in [0.25, 0.3) is 0 Å². The fourth-order valence-electron chi connectivity index (χ4n) is 5.74. The second-order valence-corrected chi connectivity index (χ2v) is 9.20. The van der Waals surface area contributed by atoms with Gasteiger partial charge in [0, 0.05) is 23.9 Å². The van der Waals surface area contributed by atoms with Gasteiger partial charge in [-0.15, -0.1) is 11.3 Å². The number of carbonyl (C=O) groups excluding carboxylic acids is 3. The number of furan rings is 1. The number of ether oxygens (including phenoxy) is 1. The van der Waals surface area contributed by atoms with E-state index in [1.54, 1.807) is 34.9 Å². The Labute approximate surface area is 175 Å². The van der Waals surface area contributed by atoms with Crippen LogP contribution < -0.4 is 5.32 Å². The Morgan fingerprint density at radius 2 is 2.27 bits per heavy atom. The number of nitrogens with zero attached hydrogens (tertiary/aromatic N) is 2. The molecular weight excluding hydrogens is 406 g/mol. The molecule has 0 unspecified atom stereocenters. The summed E-state index contributed by atoms with van der Waals surface area (Å²) in [5, 5.41) is 5.08. The highest BCUT2D eigenvalue weighted by atomic mass is 32.1. The summed E-state index contributed by atoms with van der Waals surface area (Å²) in [4.78, 5) is 45.6. The number of rotatable bonds is 3. The summed E-state index contributed by atoms with van der Waals surface area (Å²) >= 11 is 1.32. The average Bonchev–Trinajstić information content (AvgIpc) is 3.52. The van der Waals surface area contributed by atoms with Crippen molar-refractivity contribution >= 4 is 34.1 Å². The normalized spacial score (nSPS) is 38.8. The number of nitrogens with one attached hydrogen (secondary N) is 1. The minimum Gasteiger partial charge on any atom is -0.467 e. The van der Waals surface area contributed by atoms with Crippen molar-refractivity contribution in [1.82, 2.24) is 9.88 Å². The van der Waals surface area contributed by atoms with Gasteiger partial charge >= 0.3 is 0 Å². The van der Waals surface area contributed by atoms with Crippen molar-refractivity contribution in [3.05, 3.63) is 47.9 Å². The SMILES string of the molecule is C[C@@H]1C(=O)C[C@H](c2ccco2)N2C(=O)[C@@H]3[C@@H](C(=O)Nc4nccs4)[C@H]4C=C[C@@]3(O4)[C@H]12. The van der Waals surface area contributed by atoms with Crippen LogP contribution in [0.2, 0.25) is 0 Å². The van der Waals surface area contributed by atoms with Crippen LogP contribution in [0, 0.1) is 17.8 Å². The Bertz CT molecular complexity index is 1060. The van der Waals surface area contributed by atoms with E-state index >= 15 is 0 Å². The summed E-state index contributed by atoms with van der Waals surface area (Å²) in [6.45, 7) is 1.84. The first-order valence-corrected chi connectivity index (χ1v) is 10.8. The molecule has 2 aromatic rings. The van der Waals surface area contributed by atoms with Gasteiger partial charge in [0.1, 0.15) is 17.1 Å². The zero-order valence-electron chi connectivity index (χ0n) is 16.1. The van der Waals surface area contributed by atoms with Gasteiger partial charge in [-0.1, -0.05) is 19.1 Å². The molecule has 0 saturated carbocycles. The van der Waals surface area contributed by atoms with Crippen LogP contribution in [0.1, 0.15) is 25.1 Å². The lowest BCUT2D eigenvalue weighted by atomic mass is 9.70. The van der Waals surface area contributed by atoms with Crippen LogP contribution in [-0.4, -0.2) is 45.2 Å². The van der Waals surface area contributed by atoms with Gasteiger partial charge in [-0.05, 0) is 12.1 Å². The van der Waals surface area contributed by atoms with Gasteiger partial charge in [-0.3, -0.25) is 14.4 Å². The lowest BCUT2D eigenvalue weighted by Gasteiger charge is -2.43. The first kappa shape index (κ1) is 18.0. The maximum atomic E-state index is 13.7. The van der Waals surface area contributed by atoms with Crippen molar-refractivity contribution in [2.24, 2.45) is 17.8 Å². The monoisotopic (exact) mass is 425 g/mol. The summed E-state index contributed by atoms with van der Waals surface area (Å²) < 4.78 is 11.9. The third kappa shape index (κ3) is 2.19. The third-order valence-electron chi connectivity index (χ3n) is 6.92. The Kier molecular flexibility index (Phi) is 3.67. The summed E-state index contributed by atoms with van der Waals surface area (Å²) in [6, 6.07) is 2.58. The van der Waals surface area contributed by atoms with E-state index in [0.717, 1.165) is 0 Å². The van der Waals surface area contributed by atoms with Crippen molar-refractivity contribution in [2.75, 3.05) is 5.32 Å². The van der Waals surface area contributed by atoms with E-state index in [1.165, 1.54) is 11.3 Å². The highest BCUT2D eigenvalue weighted by Gasteiger charge is 2.74. The van der Waals surface area contributed by atoms with Gasteiger partial charge in [0.15, 0.2) is 5.13 Å². The topological polar surface area (TPSA) is 102 Å². The molecule has 3 saturated heterocycles. The Balaban J connectivity index is 1.41. The predicted molar refractivity (Wildman–Crippen MR) is 105 cm³/mol. The number of thiazole rings is 1. The molecule has 8 nitrogen and oxygen atoms in total. The van der Waals surface area contributed by atoms with Gasteiger partial charge in [0.2, 0.25) is 11.8 Å². The largest absolute Gasteiger partial charge is 0.467 e. The lowest BCUT2D eigenvalue weighted by molar-refractivity contribution is -0.147. The number of hydrogen-bond donors (Lipinski definition) is 1. The summed E-state index contributed by atoms with van der Waals surface area (Å²) in [7, 11) is 0. The van der Waals surface area contributed by atoms with Crippen LogP contribution in [0.5, 0.6) is 0 Å². The fourth-order valence-corrected chi connectivity index (χ4v) is 6.27. The molecule has 6 rings (SSSR count). The lowest BCUT2D eigenvalue weighted by Crippen LogP contribution is -2.55. The maximum Gasteiger partial charge on any atom is 0.233 e. The molecule has 154 valence electrons. The van der Waals surface area contributed by atoms with Crippen LogP contribution in [0.4, 0.5) is 5.13 Å².